The average molecular weight is 549 g/mol. The van der Waals surface area contributed by atoms with Crippen molar-refractivity contribution in [1.82, 2.24) is 9.55 Å². The molecule has 1 saturated heterocycles. The molecular weight excluding hydrogens is 518 g/mol. The maximum absolute atomic E-state index is 13.9. The summed E-state index contributed by atoms with van der Waals surface area (Å²) >= 11 is 5.93. The Labute approximate surface area is 227 Å². The first-order chi connectivity index (χ1) is 17.3. The van der Waals surface area contributed by atoms with E-state index in [1.807, 2.05) is 35.2 Å². The first-order valence-electron chi connectivity index (χ1n) is 12.1. The van der Waals surface area contributed by atoms with Gasteiger partial charge >= 0.3 is 0 Å². The number of β-amino-alcohol motifs (C(OH)–C–C–N with tert-alkyl or cyclic N) is 1. The molecule has 198 valence electrons. The molecule has 1 N–H and O–H groups in total. The number of Topliss-reactive ketones (excluding diaryl/α,β-unsaturated/α-hetero) is 1. The quantitative estimate of drug-likeness (QED) is 0.212. The molecule has 4 rings (SSSR count). The summed E-state index contributed by atoms with van der Waals surface area (Å²) in [4.78, 5) is 14.8. The van der Waals surface area contributed by atoms with Gasteiger partial charge in [-0.2, -0.15) is 0 Å². The zero-order chi connectivity index (χ0) is 25.5. The van der Waals surface area contributed by atoms with Gasteiger partial charge in [-0.15, -0.1) is 12.4 Å². The van der Waals surface area contributed by atoms with Crippen LogP contribution < -0.4 is 9.38 Å². The Morgan fingerprint density at radius 1 is 1.08 bits per heavy atom. The molecule has 1 heterocycles. The van der Waals surface area contributed by atoms with Crippen molar-refractivity contribution in [2.45, 2.75) is 18.9 Å². The highest BCUT2D eigenvalue weighted by Crippen LogP contribution is 2.26. The van der Waals surface area contributed by atoms with Gasteiger partial charge in [-0.25, -0.2) is 4.39 Å². The van der Waals surface area contributed by atoms with Gasteiger partial charge in [0.2, 0.25) is 0 Å². The number of rotatable bonds is 10. The minimum atomic E-state index is -0.829. The van der Waals surface area contributed by atoms with Crippen molar-refractivity contribution in [3.05, 3.63) is 100.0 Å². The molecule has 6 nitrogen and oxygen atoms in total. The van der Waals surface area contributed by atoms with Crippen LogP contribution in [0.5, 0.6) is 5.75 Å². The van der Waals surface area contributed by atoms with E-state index in [1.165, 1.54) is 18.2 Å². The smallest absolute Gasteiger partial charge is 0.167 e. The number of quaternary nitrogens is 1. The van der Waals surface area contributed by atoms with Gasteiger partial charge in [0.1, 0.15) is 30.0 Å². The molecule has 37 heavy (non-hydrogen) atoms. The van der Waals surface area contributed by atoms with Crippen LogP contribution in [-0.4, -0.2) is 61.2 Å². The number of carbonyl (C=O) groups excluding carboxylic acids is 1. The van der Waals surface area contributed by atoms with Gasteiger partial charge in [-0.05, 0) is 42.3 Å². The highest BCUT2D eigenvalue weighted by molar-refractivity contribution is 6.30. The van der Waals surface area contributed by atoms with Crippen LogP contribution in [0, 0.1) is 11.0 Å². The van der Waals surface area contributed by atoms with Crippen LogP contribution in [0.2, 0.25) is 5.02 Å². The van der Waals surface area contributed by atoms with Crippen LogP contribution in [0.1, 0.15) is 22.3 Å². The summed E-state index contributed by atoms with van der Waals surface area (Å²) in [7, 11) is 0. The average Bonchev–Trinajstić information content (AvgIpc) is 2.89. The minimum Gasteiger partial charge on any atom is -0.627 e. The van der Waals surface area contributed by atoms with E-state index in [0.29, 0.717) is 49.9 Å². The van der Waals surface area contributed by atoms with E-state index in [9.17, 15) is 19.5 Å². The van der Waals surface area contributed by atoms with E-state index in [4.69, 9.17) is 16.3 Å². The van der Waals surface area contributed by atoms with E-state index in [1.54, 1.807) is 24.3 Å². The lowest BCUT2D eigenvalue weighted by atomic mass is 10.0. The van der Waals surface area contributed by atoms with Crippen molar-refractivity contribution >= 4 is 35.5 Å². The van der Waals surface area contributed by atoms with Crippen LogP contribution in [0.4, 0.5) is 10.1 Å². The molecule has 1 fully saturated rings. The first kappa shape index (κ1) is 29.0. The fourth-order valence-electron chi connectivity index (χ4n) is 4.40. The lowest BCUT2D eigenvalue weighted by Gasteiger charge is -2.48. The Balaban J connectivity index is 0.00000380. The number of ketones is 1. The van der Waals surface area contributed by atoms with Crippen molar-refractivity contribution in [3.63, 3.8) is 0 Å². The summed E-state index contributed by atoms with van der Waals surface area (Å²) in [5.41, 5.74) is 1.87. The highest BCUT2D eigenvalue weighted by Gasteiger charge is 2.28. The third kappa shape index (κ3) is 7.98. The van der Waals surface area contributed by atoms with Crippen LogP contribution in [-0.2, 0) is 6.42 Å². The van der Waals surface area contributed by atoms with Crippen LogP contribution in [0.25, 0.3) is 0 Å². The Morgan fingerprint density at radius 2 is 1.76 bits per heavy atom. The van der Waals surface area contributed by atoms with E-state index in [2.05, 4.69) is 0 Å². The number of ether oxygens (including phenoxy) is 1. The zero-order valence-corrected chi connectivity index (χ0v) is 22.0. The van der Waals surface area contributed by atoms with Crippen LogP contribution in [0.3, 0.4) is 0 Å². The number of aliphatic hydroxyl groups excluding tert-OH is 1. The zero-order valence-electron chi connectivity index (χ0n) is 20.4. The SMILES string of the molecule is Cl.O=C(CCc1ccccc1)c1cc(F)ccc1OCC(O)CN1CC[N+]([O-])(c2ccc(Cl)cc2)CC1. The fourth-order valence-corrected chi connectivity index (χ4v) is 4.53. The van der Waals surface area contributed by atoms with E-state index >= 15 is 0 Å². The number of carbonyl (C=O) groups is 1. The van der Waals surface area contributed by atoms with E-state index in [0.717, 1.165) is 5.56 Å². The molecule has 3 aromatic carbocycles. The standard InChI is InChI=1S/C28H30ClFN2O4.ClH/c29-22-7-10-24(11-8-22)32(35)16-14-31(15-17-32)19-25(33)20-36-28-13-9-23(30)18-26(28)27(34)12-6-21-4-2-1-3-5-21;/h1-5,7-11,13,18,25,33H,6,12,14-17,19-20H2;1H. The third-order valence-electron chi connectivity index (χ3n) is 6.48. The predicted molar refractivity (Wildman–Crippen MR) is 147 cm³/mol. The second-order valence-corrected chi connectivity index (χ2v) is 9.56. The van der Waals surface area contributed by atoms with Crippen molar-refractivity contribution < 1.29 is 19.0 Å². The van der Waals surface area contributed by atoms with Crippen molar-refractivity contribution in [1.29, 1.82) is 0 Å². The number of benzene rings is 3. The number of hydroxylamine groups is 2. The van der Waals surface area contributed by atoms with Crippen LogP contribution in [0.15, 0.2) is 72.8 Å². The molecule has 3 aromatic rings. The molecule has 0 saturated carbocycles. The molecule has 1 aliphatic rings. The molecule has 0 radical (unpaired) electrons. The molecule has 1 atom stereocenters. The Morgan fingerprint density at radius 3 is 2.43 bits per heavy atom. The van der Waals surface area contributed by atoms with Gasteiger partial charge in [-0.3, -0.25) is 9.69 Å². The molecular formula is C28H31Cl2FN2O4. The van der Waals surface area contributed by atoms with Gasteiger partial charge in [-0.1, -0.05) is 41.9 Å². The number of aryl methyl sites for hydroxylation is 1. The number of halogens is 3. The maximum Gasteiger partial charge on any atom is 0.167 e. The van der Waals surface area contributed by atoms with Crippen molar-refractivity contribution in [2.24, 2.45) is 0 Å². The lowest BCUT2D eigenvalue weighted by Crippen LogP contribution is -2.58. The number of piperazine rings is 1. The molecule has 0 amide bonds. The van der Waals surface area contributed by atoms with Gasteiger partial charge < -0.3 is 19.7 Å². The Kier molecular flexibility index (Phi) is 10.5. The lowest BCUT2D eigenvalue weighted by molar-refractivity contribution is 0.0533. The topological polar surface area (TPSA) is 72.8 Å². The summed E-state index contributed by atoms with van der Waals surface area (Å²) in [6.45, 7) is 2.08. The van der Waals surface area contributed by atoms with Gasteiger partial charge in [0.15, 0.2) is 5.78 Å². The third-order valence-corrected chi connectivity index (χ3v) is 6.73. The molecule has 0 aliphatic carbocycles. The summed E-state index contributed by atoms with van der Waals surface area (Å²) in [5, 5.41) is 24.3. The van der Waals surface area contributed by atoms with Crippen LogP contribution >= 0.6 is 24.0 Å². The Bertz CT molecular complexity index is 1160. The molecule has 9 heteroatoms. The largest absolute Gasteiger partial charge is 0.627 e. The summed E-state index contributed by atoms with van der Waals surface area (Å²) < 4.78 is 19.2. The number of hydrogen-bond donors (Lipinski definition) is 1. The first-order valence-corrected chi connectivity index (χ1v) is 12.4. The van der Waals surface area contributed by atoms with Gasteiger partial charge in [0, 0.05) is 43.2 Å². The van der Waals surface area contributed by atoms with Crippen molar-refractivity contribution in [2.75, 3.05) is 39.3 Å². The van der Waals surface area contributed by atoms with Gasteiger partial charge in [0.25, 0.3) is 0 Å². The number of hydrogen-bond acceptors (Lipinski definition) is 5. The van der Waals surface area contributed by atoms with Gasteiger partial charge in [0.05, 0.1) is 18.7 Å². The predicted octanol–water partition coefficient (Wildman–Crippen LogP) is 5.28. The number of aliphatic hydroxyl groups is 1. The Hall–Kier alpha value is -2.52. The second kappa shape index (κ2) is 13.3. The van der Waals surface area contributed by atoms with E-state index in [-0.39, 0.29) is 42.5 Å². The summed E-state index contributed by atoms with van der Waals surface area (Å²) in [5.74, 6) is -0.477. The normalized spacial score (nSPS) is 16.0. The minimum absolute atomic E-state index is 0. The van der Waals surface area contributed by atoms with E-state index < -0.39 is 16.6 Å². The second-order valence-electron chi connectivity index (χ2n) is 9.13. The highest BCUT2D eigenvalue weighted by atomic mass is 35.5. The monoisotopic (exact) mass is 548 g/mol. The molecule has 0 aromatic heterocycles. The summed E-state index contributed by atoms with van der Waals surface area (Å²) in [6, 6.07) is 20.4. The maximum atomic E-state index is 13.9. The summed E-state index contributed by atoms with van der Waals surface area (Å²) in [6.07, 6.45) is -0.0594. The fraction of sp³-hybridized carbons (Fsp3) is 0.321. The molecule has 1 aliphatic heterocycles. The molecule has 1 unspecified atom stereocenters. The number of nitrogens with zero attached hydrogens (tertiary/aromatic N) is 2. The molecule has 0 bridgehead atoms. The molecule has 0 spiro atoms. The van der Waals surface area contributed by atoms with Crippen molar-refractivity contribution in [3.8, 4) is 5.75 Å².